The Hall–Kier alpha value is -2.14. The van der Waals surface area contributed by atoms with E-state index in [2.05, 4.69) is 5.32 Å². The molecule has 0 saturated carbocycles. The van der Waals surface area contributed by atoms with Crippen LogP contribution in [0.4, 0.5) is 0 Å². The van der Waals surface area contributed by atoms with Crippen LogP contribution in [0.25, 0.3) is 0 Å². The Labute approximate surface area is 108 Å². The number of hydrogen-bond acceptors (Lipinski definition) is 3. The molecule has 92 valence electrons. The molecule has 0 atom stereocenters. The quantitative estimate of drug-likeness (QED) is 0.888. The van der Waals surface area contributed by atoms with Crippen molar-refractivity contribution in [3.63, 3.8) is 0 Å². The lowest BCUT2D eigenvalue weighted by Gasteiger charge is -2.04. The molecule has 0 radical (unpaired) electrons. The number of benzene rings is 1. The zero-order valence-corrected chi connectivity index (χ0v) is 10.2. The largest absolute Gasteiger partial charge is 0.478 e. The fourth-order valence-corrected chi connectivity index (χ4v) is 2.13. The fourth-order valence-electron chi connectivity index (χ4n) is 1.49. The third kappa shape index (κ3) is 2.95. The van der Waals surface area contributed by atoms with Crippen LogP contribution >= 0.6 is 11.3 Å². The van der Waals surface area contributed by atoms with Gasteiger partial charge in [0.05, 0.1) is 10.4 Å². The van der Waals surface area contributed by atoms with Gasteiger partial charge in [0.15, 0.2) is 0 Å². The third-order valence-electron chi connectivity index (χ3n) is 2.37. The van der Waals surface area contributed by atoms with Crippen molar-refractivity contribution in [1.29, 1.82) is 0 Å². The van der Waals surface area contributed by atoms with Crippen LogP contribution < -0.4 is 5.32 Å². The maximum absolute atomic E-state index is 11.7. The molecule has 2 N–H and O–H groups in total. The number of amides is 1. The Balaban J connectivity index is 2.00. The molecule has 0 unspecified atom stereocenters. The van der Waals surface area contributed by atoms with E-state index in [0.717, 1.165) is 5.56 Å². The molecule has 1 heterocycles. The fraction of sp³-hybridized carbons (Fsp3) is 0.0769. The highest BCUT2D eigenvalue weighted by atomic mass is 32.1. The Morgan fingerprint density at radius 1 is 1.22 bits per heavy atom. The molecule has 1 amide bonds. The Kier molecular flexibility index (Phi) is 3.74. The van der Waals surface area contributed by atoms with E-state index >= 15 is 0 Å². The summed E-state index contributed by atoms with van der Waals surface area (Å²) in [6, 6.07) is 10.1. The van der Waals surface area contributed by atoms with Gasteiger partial charge in [0.2, 0.25) is 0 Å². The summed E-state index contributed by atoms with van der Waals surface area (Å²) in [5.74, 6) is -1.12. The minimum absolute atomic E-state index is 0.147. The zero-order chi connectivity index (χ0) is 13.0. The van der Waals surface area contributed by atoms with Crippen LogP contribution in [0.15, 0.2) is 41.8 Å². The summed E-state index contributed by atoms with van der Waals surface area (Å²) in [4.78, 5) is 23.1. The molecule has 1 aromatic carbocycles. The summed E-state index contributed by atoms with van der Waals surface area (Å²) in [5.41, 5.74) is 0.984. The number of carboxylic acids is 1. The summed E-state index contributed by atoms with van der Waals surface area (Å²) < 4.78 is 0. The van der Waals surface area contributed by atoms with Crippen molar-refractivity contribution < 1.29 is 14.7 Å². The van der Waals surface area contributed by atoms with E-state index in [-0.39, 0.29) is 11.5 Å². The first-order valence-electron chi connectivity index (χ1n) is 5.31. The maximum atomic E-state index is 11.7. The van der Waals surface area contributed by atoms with E-state index in [0.29, 0.717) is 11.4 Å². The first-order valence-corrected chi connectivity index (χ1v) is 6.19. The summed E-state index contributed by atoms with van der Waals surface area (Å²) in [6.45, 7) is 0.317. The average molecular weight is 261 g/mol. The number of aromatic carboxylic acids is 1. The molecule has 0 aliphatic carbocycles. The first-order chi connectivity index (χ1) is 8.66. The smallest absolute Gasteiger partial charge is 0.335 e. The van der Waals surface area contributed by atoms with Gasteiger partial charge in [-0.3, -0.25) is 4.79 Å². The summed E-state index contributed by atoms with van der Waals surface area (Å²) in [5, 5.41) is 13.4. The van der Waals surface area contributed by atoms with E-state index in [4.69, 9.17) is 5.11 Å². The van der Waals surface area contributed by atoms with Crippen molar-refractivity contribution in [3.05, 3.63) is 57.8 Å². The predicted octanol–water partition coefficient (Wildman–Crippen LogP) is 2.38. The molecule has 0 saturated heterocycles. The number of carbonyl (C=O) groups excluding carboxylic acids is 1. The molecule has 0 spiro atoms. The summed E-state index contributed by atoms with van der Waals surface area (Å²) >= 11 is 1.37. The normalized spacial score (nSPS) is 10.0. The Bertz CT molecular complexity index is 563. The molecule has 0 aliphatic rings. The topological polar surface area (TPSA) is 66.4 Å². The molecule has 0 fully saturated rings. The Morgan fingerprint density at radius 3 is 2.72 bits per heavy atom. The van der Waals surface area contributed by atoms with Crippen LogP contribution in [0.2, 0.25) is 0 Å². The van der Waals surface area contributed by atoms with Crippen molar-refractivity contribution >= 4 is 23.2 Å². The van der Waals surface area contributed by atoms with Crippen LogP contribution in [0.3, 0.4) is 0 Å². The van der Waals surface area contributed by atoms with E-state index in [9.17, 15) is 9.59 Å². The van der Waals surface area contributed by atoms with Crippen molar-refractivity contribution in [3.8, 4) is 0 Å². The predicted molar refractivity (Wildman–Crippen MR) is 68.9 cm³/mol. The van der Waals surface area contributed by atoms with Crippen molar-refractivity contribution in [1.82, 2.24) is 5.32 Å². The summed E-state index contributed by atoms with van der Waals surface area (Å²) in [7, 11) is 0. The highest BCUT2D eigenvalue weighted by Crippen LogP contribution is 2.09. The minimum Gasteiger partial charge on any atom is -0.478 e. The Morgan fingerprint density at radius 2 is 2.06 bits per heavy atom. The van der Waals surface area contributed by atoms with Gasteiger partial charge in [-0.25, -0.2) is 4.79 Å². The summed E-state index contributed by atoms with van der Waals surface area (Å²) in [6.07, 6.45) is 0. The molecule has 1 aromatic heterocycles. The molecule has 2 rings (SSSR count). The van der Waals surface area contributed by atoms with Crippen molar-refractivity contribution in [2.45, 2.75) is 6.54 Å². The van der Waals surface area contributed by atoms with Gasteiger partial charge in [0.1, 0.15) is 0 Å². The highest BCUT2D eigenvalue weighted by Gasteiger charge is 2.07. The third-order valence-corrected chi connectivity index (χ3v) is 3.24. The van der Waals surface area contributed by atoms with Crippen LogP contribution in [0, 0.1) is 0 Å². The first kappa shape index (κ1) is 12.3. The van der Waals surface area contributed by atoms with Crippen LogP contribution in [0.5, 0.6) is 0 Å². The van der Waals surface area contributed by atoms with Crippen molar-refractivity contribution in [2.75, 3.05) is 0 Å². The highest BCUT2D eigenvalue weighted by molar-refractivity contribution is 7.12. The lowest BCUT2D eigenvalue weighted by Crippen LogP contribution is -2.21. The SMILES string of the molecule is O=C(O)c1cccc(CNC(=O)c2cccs2)c1. The monoisotopic (exact) mass is 261 g/mol. The standard InChI is InChI=1S/C13H11NO3S/c15-12(11-5-2-6-18-11)14-8-9-3-1-4-10(7-9)13(16)17/h1-7H,8H2,(H,14,15)(H,16,17). The number of nitrogens with one attached hydrogen (secondary N) is 1. The van der Waals surface area contributed by atoms with Gasteiger partial charge in [-0.05, 0) is 29.1 Å². The molecule has 0 aliphatic heterocycles. The second-order valence-corrected chi connectivity index (χ2v) is 4.61. The number of carboxylic acid groups (broad SMARTS) is 1. The van der Waals surface area contributed by atoms with Crippen molar-refractivity contribution in [2.24, 2.45) is 0 Å². The van der Waals surface area contributed by atoms with E-state index < -0.39 is 5.97 Å². The lowest BCUT2D eigenvalue weighted by molar-refractivity contribution is 0.0696. The average Bonchev–Trinajstić information content (AvgIpc) is 2.90. The molecular weight excluding hydrogens is 250 g/mol. The van der Waals surface area contributed by atoms with Gasteiger partial charge in [0, 0.05) is 6.54 Å². The van der Waals surface area contributed by atoms with Gasteiger partial charge >= 0.3 is 5.97 Å². The van der Waals surface area contributed by atoms with Gasteiger partial charge in [-0.1, -0.05) is 18.2 Å². The maximum Gasteiger partial charge on any atom is 0.335 e. The van der Waals surface area contributed by atoms with Gasteiger partial charge in [-0.15, -0.1) is 11.3 Å². The second-order valence-electron chi connectivity index (χ2n) is 3.67. The molecule has 0 bridgehead atoms. The number of hydrogen-bond donors (Lipinski definition) is 2. The molecule has 2 aromatic rings. The minimum atomic E-state index is -0.971. The lowest BCUT2D eigenvalue weighted by atomic mass is 10.1. The number of carbonyl (C=O) groups is 2. The number of rotatable bonds is 4. The van der Waals surface area contributed by atoms with E-state index in [1.807, 2.05) is 11.4 Å². The molecule has 18 heavy (non-hydrogen) atoms. The van der Waals surface area contributed by atoms with E-state index in [1.54, 1.807) is 24.3 Å². The van der Waals surface area contributed by atoms with Gasteiger partial charge in [-0.2, -0.15) is 0 Å². The molecule has 5 heteroatoms. The van der Waals surface area contributed by atoms with Crippen LogP contribution in [-0.2, 0) is 6.54 Å². The van der Waals surface area contributed by atoms with Crippen LogP contribution in [0.1, 0.15) is 25.6 Å². The van der Waals surface area contributed by atoms with Gasteiger partial charge in [0.25, 0.3) is 5.91 Å². The molecule has 4 nitrogen and oxygen atoms in total. The number of thiophene rings is 1. The van der Waals surface area contributed by atoms with E-state index in [1.165, 1.54) is 17.4 Å². The zero-order valence-electron chi connectivity index (χ0n) is 9.42. The van der Waals surface area contributed by atoms with Gasteiger partial charge < -0.3 is 10.4 Å². The van der Waals surface area contributed by atoms with Crippen LogP contribution in [-0.4, -0.2) is 17.0 Å². The molecular formula is C13H11NO3S. The second kappa shape index (κ2) is 5.46.